The smallest absolute Gasteiger partial charge is 0.0702 e. The van der Waals surface area contributed by atoms with E-state index in [0.29, 0.717) is 6.10 Å². The Morgan fingerprint density at radius 3 is 2.69 bits per heavy atom. The number of rotatable bonds is 5. The predicted octanol–water partition coefficient (Wildman–Crippen LogP) is 0.622. The van der Waals surface area contributed by atoms with E-state index in [-0.39, 0.29) is 6.61 Å². The maximum absolute atomic E-state index is 8.90. The molecule has 1 N–H and O–H groups in total. The topological polar surface area (TPSA) is 32.7 Å². The number of aliphatic hydroxyl groups is 1. The summed E-state index contributed by atoms with van der Waals surface area (Å²) in [4.78, 5) is 2.38. The van der Waals surface area contributed by atoms with Crippen molar-refractivity contribution in [3.8, 4) is 0 Å². The molecule has 1 saturated heterocycles. The van der Waals surface area contributed by atoms with Crippen molar-refractivity contribution in [3.05, 3.63) is 0 Å². The van der Waals surface area contributed by atoms with Crippen LogP contribution in [-0.4, -0.2) is 48.5 Å². The molecule has 0 amide bonds. The first-order valence-corrected chi connectivity index (χ1v) is 5.36. The van der Waals surface area contributed by atoms with Crippen molar-refractivity contribution in [2.45, 2.75) is 37.8 Å². The number of nitrogens with zero attached hydrogens (tertiary/aromatic N) is 1. The van der Waals surface area contributed by atoms with Crippen LogP contribution in [0.4, 0.5) is 0 Å². The highest BCUT2D eigenvalue weighted by molar-refractivity contribution is 4.86. The highest BCUT2D eigenvalue weighted by atomic mass is 16.5. The molecule has 2 rings (SSSR count). The molecule has 13 heavy (non-hydrogen) atoms. The molecule has 2 aliphatic rings. The van der Waals surface area contributed by atoms with Crippen LogP contribution in [0.5, 0.6) is 0 Å². The van der Waals surface area contributed by atoms with Crippen LogP contribution in [0, 0.1) is 0 Å². The summed E-state index contributed by atoms with van der Waals surface area (Å²) in [5.41, 5.74) is 0. The fourth-order valence-electron chi connectivity index (χ4n) is 2.04. The van der Waals surface area contributed by atoms with Crippen LogP contribution in [-0.2, 0) is 4.74 Å². The second-order valence-corrected chi connectivity index (χ2v) is 4.08. The first-order chi connectivity index (χ1) is 6.40. The molecule has 3 nitrogen and oxygen atoms in total. The minimum atomic E-state index is 0.281. The van der Waals surface area contributed by atoms with Crippen LogP contribution in [0.3, 0.4) is 0 Å². The van der Waals surface area contributed by atoms with Crippen LogP contribution < -0.4 is 0 Å². The summed E-state index contributed by atoms with van der Waals surface area (Å²) in [6.07, 6.45) is 5.48. The predicted molar refractivity (Wildman–Crippen MR) is 50.7 cm³/mol. The summed E-state index contributed by atoms with van der Waals surface area (Å²) >= 11 is 0. The number of hydrogen-bond donors (Lipinski definition) is 1. The van der Waals surface area contributed by atoms with E-state index >= 15 is 0 Å². The Morgan fingerprint density at radius 2 is 2.15 bits per heavy atom. The molecule has 2 fully saturated rings. The lowest BCUT2D eigenvalue weighted by molar-refractivity contribution is 0.0636. The summed E-state index contributed by atoms with van der Waals surface area (Å²) in [5, 5.41) is 8.90. The van der Waals surface area contributed by atoms with Gasteiger partial charge in [0.1, 0.15) is 0 Å². The molecule has 0 aromatic heterocycles. The third-order valence-corrected chi connectivity index (χ3v) is 2.91. The molecule has 1 saturated carbocycles. The highest BCUT2D eigenvalue weighted by Crippen LogP contribution is 2.27. The molecule has 1 aliphatic carbocycles. The van der Waals surface area contributed by atoms with Gasteiger partial charge in [-0.05, 0) is 25.7 Å². The molecule has 76 valence electrons. The third kappa shape index (κ3) is 2.66. The maximum Gasteiger partial charge on any atom is 0.0702 e. The van der Waals surface area contributed by atoms with Crippen molar-refractivity contribution in [2.24, 2.45) is 0 Å². The van der Waals surface area contributed by atoms with Gasteiger partial charge in [0.15, 0.2) is 0 Å². The van der Waals surface area contributed by atoms with Crippen molar-refractivity contribution < 1.29 is 9.84 Å². The van der Waals surface area contributed by atoms with Crippen molar-refractivity contribution >= 4 is 0 Å². The first kappa shape index (κ1) is 9.44. The molecule has 0 bridgehead atoms. The van der Waals surface area contributed by atoms with Crippen molar-refractivity contribution in [1.29, 1.82) is 0 Å². The lowest BCUT2D eigenvalue weighted by Gasteiger charge is -2.23. The van der Waals surface area contributed by atoms with Crippen LogP contribution >= 0.6 is 0 Å². The summed E-state index contributed by atoms with van der Waals surface area (Å²) < 4.78 is 5.58. The quantitative estimate of drug-likeness (QED) is 0.681. The summed E-state index contributed by atoms with van der Waals surface area (Å²) in [6.45, 7) is 3.07. The Labute approximate surface area is 79.7 Å². The fourth-order valence-corrected chi connectivity index (χ4v) is 2.04. The van der Waals surface area contributed by atoms with E-state index in [2.05, 4.69) is 4.90 Å². The minimum Gasteiger partial charge on any atom is -0.395 e. The average Bonchev–Trinajstić information content (AvgIpc) is 2.85. The normalized spacial score (nSPS) is 28.6. The van der Waals surface area contributed by atoms with Gasteiger partial charge in [-0.15, -0.1) is 0 Å². The monoisotopic (exact) mass is 185 g/mol. The van der Waals surface area contributed by atoms with Crippen LogP contribution in [0.25, 0.3) is 0 Å². The van der Waals surface area contributed by atoms with Gasteiger partial charge in [0.2, 0.25) is 0 Å². The zero-order valence-electron chi connectivity index (χ0n) is 8.11. The Balaban J connectivity index is 1.74. The average molecular weight is 185 g/mol. The molecule has 0 aromatic carbocycles. The van der Waals surface area contributed by atoms with Crippen molar-refractivity contribution in [1.82, 2.24) is 4.90 Å². The van der Waals surface area contributed by atoms with E-state index in [1.807, 2.05) is 0 Å². The molecular weight excluding hydrogens is 166 g/mol. The van der Waals surface area contributed by atoms with Crippen molar-refractivity contribution in [3.63, 3.8) is 0 Å². The molecule has 3 heteroatoms. The van der Waals surface area contributed by atoms with E-state index in [4.69, 9.17) is 9.84 Å². The van der Waals surface area contributed by atoms with Crippen LogP contribution in [0.2, 0.25) is 0 Å². The van der Waals surface area contributed by atoms with Gasteiger partial charge in [0.25, 0.3) is 0 Å². The second kappa shape index (κ2) is 4.40. The Morgan fingerprint density at radius 1 is 1.31 bits per heavy atom. The maximum atomic E-state index is 8.90. The summed E-state index contributed by atoms with van der Waals surface area (Å²) in [6, 6.07) is 0.747. The summed E-state index contributed by atoms with van der Waals surface area (Å²) in [5.74, 6) is 0. The van der Waals surface area contributed by atoms with Crippen LogP contribution in [0.1, 0.15) is 25.7 Å². The van der Waals surface area contributed by atoms with Gasteiger partial charge in [0.05, 0.1) is 12.7 Å². The van der Waals surface area contributed by atoms with E-state index < -0.39 is 0 Å². The van der Waals surface area contributed by atoms with Gasteiger partial charge in [-0.25, -0.2) is 0 Å². The zero-order chi connectivity index (χ0) is 9.10. The standard InChI is InChI=1S/C10H19NO2/c12-6-5-11(9-3-4-9)8-10-2-1-7-13-10/h9-10,12H,1-8H2. The molecular formula is C10H19NO2. The van der Waals surface area contributed by atoms with Gasteiger partial charge in [-0.1, -0.05) is 0 Å². The van der Waals surface area contributed by atoms with E-state index in [9.17, 15) is 0 Å². The Hall–Kier alpha value is -0.120. The summed E-state index contributed by atoms with van der Waals surface area (Å²) in [7, 11) is 0. The van der Waals surface area contributed by atoms with E-state index in [1.54, 1.807) is 0 Å². The van der Waals surface area contributed by atoms with Crippen molar-refractivity contribution in [2.75, 3.05) is 26.3 Å². The molecule has 0 spiro atoms. The Kier molecular flexibility index (Phi) is 3.19. The lowest BCUT2D eigenvalue weighted by atomic mass is 10.2. The molecule has 0 radical (unpaired) electrons. The molecule has 1 atom stereocenters. The molecule has 1 aliphatic heterocycles. The van der Waals surface area contributed by atoms with E-state index in [0.717, 1.165) is 25.7 Å². The highest BCUT2D eigenvalue weighted by Gasteiger charge is 2.31. The number of hydrogen-bond acceptors (Lipinski definition) is 3. The Bertz CT molecular complexity index is 153. The number of ether oxygens (including phenoxy) is 1. The second-order valence-electron chi connectivity index (χ2n) is 4.08. The zero-order valence-corrected chi connectivity index (χ0v) is 8.11. The molecule has 1 unspecified atom stereocenters. The van der Waals surface area contributed by atoms with Crippen LogP contribution in [0.15, 0.2) is 0 Å². The minimum absolute atomic E-state index is 0.281. The molecule has 0 aromatic rings. The number of aliphatic hydroxyl groups excluding tert-OH is 1. The van der Waals surface area contributed by atoms with Gasteiger partial charge in [0, 0.05) is 25.7 Å². The lowest BCUT2D eigenvalue weighted by Crippen LogP contribution is -2.36. The first-order valence-electron chi connectivity index (χ1n) is 5.36. The van der Waals surface area contributed by atoms with Gasteiger partial charge < -0.3 is 9.84 Å². The fraction of sp³-hybridized carbons (Fsp3) is 1.00. The SMILES string of the molecule is OCCN(CC1CCCO1)C1CC1. The third-order valence-electron chi connectivity index (χ3n) is 2.91. The molecule has 1 heterocycles. The largest absolute Gasteiger partial charge is 0.395 e. The van der Waals surface area contributed by atoms with Gasteiger partial charge in [-0.3, -0.25) is 4.90 Å². The van der Waals surface area contributed by atoms with Gasteiger partial charge in [-0.2, -0.15) is 0 Å². The van der Waals surface area contributed by atoms with E-state index in [1.165, 1.54) is 25.7 Å². The van der Waals surface area contributed by atoms with Gasteiger partial charge >= 0.3 is 0 Å².